The van der Waals surface area contributed by atoms with Gasteiger partial charge < -0.3 is 19.8 Å². The number of rotatable bonds is 5. The molecule has 2 N–H and O–H groups in total. The van der Waals surface area contributed by atoms with Crippen molar-refractivity contribution >= 4 is 21.8 Å². The molecular formula is C13H19BrN2O3. The van der Waals surface area contributed by atoms with Crippen LogP contribution in [0.1, 0.15) is 23.4 Å². The Morgan fingerprint density at radius 2 is 2.26 bits per heavy atom. The lowest BCUT2D eigenvalue weighted by Gasteiger charge is -2.37. The summed E-state index contributed by atoms with van der Waals surface area (Å²) in [6, 6.07) is 3.37. The van der Waals surface area contributed by atoms with E-state index in [1.54, 1.807) is 19.2 Å². The molecule has 0 atom stereocenters. The fourth-order valence-corrected chi connectivity index (χ4v) is 2.73. The smallest absolute Gasteiger partial charge is 0.287 e. The van der Waals surface area contributed by atoms with Crippen LogP contribution in [0, 0.1) is 5.41 Å². The summed E-state index contributed by atoms with van der Waals surface area (Å²) in [5.74, 6) is 0.146. The molecule has 5 nitrogen and oxygen atoms in total. The molecule has 0 saturated carbocycles. The number of methoxy groups -OCH3 is 1. The van der Waals surface area contributed by atoms with Crippen LogP contribution >= 0.6 is 15.9 Å². The lowest BCUT2D eigenvalue weighted by molar-refractivity contribution is 0.0506. The lowest BCUT2D eigenvalue weighted by Crippen LogP contribution is -2.47. The van der Waals surface area contributed by atoms with Gasteiger partial charge in [0.15, 0.2) is 10.4 Å². The molecule has 2 rings (SSSR count). The van der Waals surface area contributed by atoms with Gasteiger partial charge in [-0.3, -0.25) is 4.79 Å². The maximum atomic E-state index is 12.0. The van der Waals surface area contributed by atoms with Gasteiger partial charge in [0, 0.05) is 19.1 Å². The third-order valence-electron chi connectivity index (χ3n) is 3.54. The molecule has 106 valence electrons. The number of ether oxygens (including phenoxy) is 1. The van der Waals surface area contributed by atoms with Crippen LogP contribution in [-0.2, 0) is 4.74 Å². The van der Waals surface area contributed by atoms with Gasteiger partial charge in [0.1, 0.15) is 0 Å². The first kappa shape index (κ1) is 14.6. The molecule has 0 bridgehead atoms. The van der Waals surface area contributed by atoms with Crippen LogP contribution in [0.5, 0.6) is 0 Å². The highest BCUT2D eigenvalue weighted by atomic mass is 79.9. The molecule has 1 aliphatic rings. The van der Waals surface area contributed by atoms with E-state index in [1.807, 2.05) is 0 Å². The Labute approximate surface area is 121 Å². The molecule has 0 aromatic carbocycles. The van der Waals surface area contributed by atoms with E-state index in [4.69, 9.17) is 9.15 Å². The minimum absolute atomic E-state index is 0.0273. The number of nitrogens with one attached hydrogen (secondary N) is 2. The second-order valence-electron chi connectivity index (χ2n) is 4.97. The first-order valence-corrected chi connectivity index (χ1v) is 7.18. The van der Waals surface area contributed by atoms with Gasteiger partial charge in [0.2, 0.25) is 0 Å². The van der Waals surface area contributed by atoms with Crippen LogP contribution in [0.4, 0.5) is 0 Å². The third-order valence-corrected chi connectivity index (χ3v) is 3.96. The van der Waals surface area contributed by atoms with Crippen LogP contribution in [0.15, 0.2) is 21.2 Å². The summed E-state index contributed by atoms with van der Waals surface area (Å²) in [5.41, 5.74) is 0.0273. The van der Waals surface area contributed by atoms with Crippen LogP contribution < -0.4 is 10.6 Å². The lowest BCUT2D eigenvalue weighted by atomic mass is 9.79. The fourth-order valence-electron chi connectivity index (χ4n) is 2.43. The van der Waals surface area contributed by atoms with E-state index in [2.05, 4.69) is 26.6 Å². The number of piperidine rings is 1. The first-order chi connectivity index (χ1) is 9.15. The SMILES string of the molecule is COCC1(CNC(=O)c2ccc(Br)o2)CCNCC1. The quantitative estimate of drug-likeness (QED) is 0.863. The molecule has 0 aliphatic carbocycles. The van der Waals surface area contributed by atoms with E-state index < -0.39 is 0 Å². The summed E-state index contributed by atoms with van der Waals surface area (Å²) in [6.45, 7) is 3.20. The van der Waals surface area contributed by atoms with E-state index in [0.29, 0.717) is 23.6 Å². The highest BCUT2D eigenvalue weighted by Gasteiger charge is 2.32. The number of carbonyl (C=O) groups is 1. The monoisotopic (exact) mass is 330 g/mol. The van der Waals surface area contributed by atoms with Gasteiger partial charge in [0.25, 0.3) is 5.91 Å². The topological polar surface area (TPSA) is 63.5 Å². The molecule has 2 heterocycles. The van der Waals surface area contributed by atoms with E-state index >= 15 is 0 Å². The van der Waals surface area contributed by atoms with Crippen molar-refractivity contribution in [3.8, 4) is 0 Å². The molecule has 19 heavy (non-hydrogen) atoms. The number of halogens is 1. The standard InChI is InChI=1S/C13H19BrN2O3/c1-18-9-13(4-6-15-7-5-13)8-16-12(17)10-2-3-11(14)19-10/h2-3,15H,4-9H2,1H3,(H,16,17). The van der Waals surface area contributed by atoms with Gasteiger partial charge in [-0.05, 0) is 54.0 Å². The summed E-state index contributed by atoms with van der Waals surface area (Å²) >= 11 is 3.19. The van der Waals surface area contributed by atoms with Crippen molar-refractivity contribution in [2.75, 3.05) is 33.4 Å². The van der Waals surface area contributed by atoms with Crippen LogP contribution in [0.25, 0.3) is 0 Å². The Bertz CT molecular complexity index is 422. The molecule has 6 heteroatoms. The molecule has 1 aliphatic heterocycles. The van der Waals surface area contributed by atoms with Gasteiger partial charge >= 0.3 is 0 Å². The van der Waals surface area contributed by atoms with Crippen molar-refractivity contribution in [1.29, 1.82) is 0 Å². The van der Waals surface area contributed by atoms with Crippen molar-refractivity contribution in [1.82, 2.24) is 10.6 Å². The number of furan rings is 1. The minimum Gasteiger partial charge on any atom is -0.444 e. The minimum atomic E-state index is -0.181. The highest BCUT2D eigenvalue weighted by molar-refractivity contribution is 9.10. The second-order valence-corrected chi connectivity index (χ2v) is 5.75. The largest absolute Gasteiger partial charge is 0.444 e. The zero-order chi connectivity index (χ0) is 13.7. The summed E-state index contributed by atoms with van der Waals surface area (Å²) < 4.78 is 11.1. The van der Waals surface area contributed by atoms with Crippen molar-refractivity contribution in [2.45, 2.75) is 12.8 Å². The molecule has 1 aromatic rings. The van der Waals surface area contributed by atoms with Crippen LogP contribution in [0.2, 0.25) is 0 Å². The maximum Gasteiger partial charge on any atom is 0.287 e. The average Bonchev–Trinajstić information content (AvgIpc) is 2.84. The number of hydrogen-bond acceptors (Lipinski definition) is 4. The van der Waals surface area contributed by atoms with E-state index in [-0.39, 0.29) is 11.3 Å². The van der Waals surface area contributed by atoms with Crippen molar-refractivity contribution in [3.63, 3.8) is 0 Å². The Hall–Kier alpha value is -0.850. The fraction of sp³-hybridized carbons (Fsp3) is 0.615. The maximum absolute atomic E-state index is 12.0. The number of hydrogen-bond donors (Lipinski definition) is 2. The predicted octanol–water partition coefficient (Wildman–Crippen LogP) is 1.79. The Balaban J connectivity index is 1.93. The Morgan fingerprint density at radius 3 is 2.84 bits per heavy atom. The molecule has 0 unspecified atom stereocenters. The Morgan fingerprint density at radius 1 is 1.53 bits per heavy atom. The van der Waals surface area contributed by atoms with Crippen molar-refractivity contribution in [3.05, 3.63) is 22.6 Å². The molecular weight excluding hydrogens is 312 g/mol. The zero-order valence-electron chi connectivity index (χ0n) is 11.0. The van der Waals surface area contributed by atoms with E-state index in [0.717, 1.165) is 25.9 Å². The molecule has 1 fully saturated rings. The van der Waals surface area contributed by atoms with Gasteiger partial charge in [-0.25, -0.2) is 0 Å². The van der Waals surface area contributed by atoms with Gasteiger partial charge in [-0.2, -0.15) is 0 Å². The summed E-state index contributed by atoms with van der Waals surface area (Å²) in [6.07, 6.45) is 2.01. The van der Waals surface area contributed by atoms with Crippen LogP contribution in [0.3, 0.4) is 0 Å². The normalized spacial score (nSPS) is 18.2. The molecule has 1 amide bonds. The summed E-state index contributed by atoms with van der Waals surface area (Å²) in [4.78, 5) is 12.0. The molecule has 1 aromatic heterocycles. The molecule has 0 radical (unpaired) electrons. The molecule has 0 spiro atoms. The first-order valence-electron chi connectivity index (χ1n) is 6.38. The predicted molar refractivity (Wildman–Crippen MR) is 75.2 cm³/mol. The van der Waals surface area contributed by atoms with E-state index in [1.165, 1.54) is 0 Å². The van der Waals surface area contributed by atoms with Crippen molar-refractivity contribution < 1.29 is 13.9 Å². The summed E-state index contributed by atoms with van der Waals surface area (Å²) in [7, 11) is 1.70. The number of amides is 1. The average molecular weight is 331 g/mol. The van der Waals surface area contributed by atoms with Crippen LogP contribution in [-0.4, -0.2) is 39.3 Å². The van der Waals surface area contributed by atoms with Gasteiger partial charge in [0.05, 0.1) is 6.61 Å². The molecule has 1 saturated heterocycles. The highest BCUT2D eigenvalue weighted by Crippen LogP contribution is 2.28. The van der Waals surface area contributed by atoms with Crippen molar-refractivity contribution in [2.24, 2.45) is 5.41 Å². The van der Waals surface area contributed by atoms with Gasteiger partial charge in [-0.15, -0.1) is 0 Å². The third kappa shape index (κ3) is 3.81. The number of carbonyl (C=O) groups excluding carboxylic acids is 1. The zero-order valence-corrected chi connectivity index (χ0v) is 12.6. The van der Waals surface area contributed by atoms with E-state index in [9.17, 15) is 4.79 Å². The van der Waals surface area contributed by atoms with Gasteiger partial charge in [-0.1, -0.05) is 0 Å². The summed E-state index contributed by atoms with van der Waals surface area (Å²) in [5, 5.41) is 6.27. The Kier molecular flexibility index (Phi) is 5.01. The second kappa shape index (κ2) is 6.54.